The highest BCUT2D eigenvalue weighted by molar-refractivity contribution is 7.80. The first kappa shape index (κ1) is 17.8. The molecule has 6 heteroatoms. The number of halogens is 2. The molecule has 1 aromatic heterocycles. The van der Waals surface area contributed by atoms with E-state index in [0.717, 1.165) is 31.7 Å². The van der Waals surface area contributed by atoms with Crippen LogP contribution in [0.25, 0.3) is 0 Å². The topological polar surface area (TPSA) is 34.1 Å². The molecule has 0 radical (unpaired) electrons. The third kappa shape index (κ3) is 8.86. The predicted octanol–water partition coefficient (Wildman–Crippen LogP) is 3.23. The SMILES string of the molecule is Cl.SCCNCCCCCOc1ccc(Cl)cn1. The molecule has 1 heterocycles. The molecule has 3 nitrogen and oxygen atoms in total. The minimum atomic E-state index is 0. The van der Waals surface area contributed by atoms with Gasteiger partial charge in [-0.2, -0.15) is 12.6 Å². The lowest BCUT2D eigenvalue weighted by Gasteiger charge is -2.05. The third-order valence-corrected chi connectivity index (χ3v) is 2.68. The molecule has 0 aliphatic heterocycles. The molecule has 1 N–H and O–H groups in total. The van der Waals surface area contributed by atoms with Crippen LogP contribution in [0.1, 0.15) is 19.3 Å². The summed E-state index contributed by atoms with van der Waals surface area (Å²) in [6, 6.07) is 3.57. The van der Waals surface area contributed by atoms with Crippen molar-refractivity contribution in [3.63, 3.8) is 0 Å². The minimum Gasteiger partial charge on any atom is -0.478 e. The fraction of sp³-hybridized carbons (Fsp3) is 0.583. The van der Waals surface area contributed by atoms with Gasteiger partial charge in [-0.25, -0.2) is 4.98 Å². The second kappa shape index (κ2) is 11.9. The summed E-state index contributed by atoms with van der Waals surface area (Å²) in [4.78, 5) is 4.06. The highest BCUT2D eigenvalue weighted by Gasteiger charge is 1.95. The number of aromatic nitrogens is 1. The Hall–Kier alpha value is -0.160. The highest BCUT2D eigenvalue weighted by Crippen LogP contribution is 2.11. The van der Waals surface area contributed by atoms with E-state index in [2.05, 4.69) is 22.9 Å². The van der Waals surface area contributed by atoms with Gasteiger partial charge in [0.2, 0.25) is 5.88 Å². The molecule has 0 saturated heterocycles. The number of rotatable bonds is 9. The van der Waals surface area contributed by atoms with Gasteiger partial charge in [-0.1, -0.05) is 11.6 Å². The van der Waals surface area contributed by atoms with Gasteiger partial charge >= 0.3 is 0 Å². The van der Waals surface area contributed by atoms with Gasteiger partial charge in [-0.15, -0.1) is 12.4 Å². The van der Waals surface area contributed by atoms with Crippen LogP contribution in [0.4, 0.5) is 0 Å². The number of ether oxygens (including phenoxy) is 1. The monoisotopic (exact) mass is 310 g/mol. The molecule has 0 aromatic carbocycles. The second-order valence-corrected chi connectivity index (χ2v) is 4.58. The first-order chi connectivity index (χ1) is 8.33. The summed E-state index contributed by atoms with van der Waals surface area (Å²) >= 11 is 9.85. The minimum absolute atomic E-state index is 0. The molecular formula is C12H20Cl2N2OS. The van der Waals surface area contributed by atoms with Gasteiger partial charge in [-0.05, 0) is 31.9 Å². The fourth-order valence-corrected chi connectivity index (χ4v) is 1.63. The molecule has 18 heavy (non-hydrogen) atoms. The number of nitrogens with one attached hydrogen (secondary N) is 1. The largest absolute Gasteiger partial charge is 0.478 e. The lowest BCUT2D eigenvalue weighted by molar-refractivity contribution is 0.294. The molecule has 1 rings (SSSR count). The van der Waals surface area contributed by atoms with Crippen molar-refractivity contribution >= 4 is 36.6 Å². The summed E-state index contributed by atoms with van der Waals surface area (Å²) in [6.07, 6.45) is 4.98. The van der Waals surface area contributed by atoms with Gasteiger partial charge in [0.15, 0.2) is 0 Å². The summed E-state index contributed by atoms with van der Waals surface area (Å²) < 4.78 is 5.49. The number of pyridine rings is 1. The summed E-state index contributed by atoms with van der Waals surface area (Å²) in [5, 5.41) is 3.94. The Morgan fingerprint density at radius 1 is 1.22 bits per heavy atom. The Kier molecular flexibility index (Phi) is 11.8. The molecule has 0 amide bonds. The van der Waals surface area contributed by atoms with Crippen molar-refractivity contribution in [2.24, 2.45) is 0 Å². The van der Waals surface area contributed by atoms with Crippen LogP contribution >= 0.6 is 36.6 Å². The van der Waals surface area contributed by atoms with Crippen molar-refractivity contribution in [3.05, 3.63) is 23.4 Å². The zero-order chi connectivity index (χ0) is 12.3. The van der Waals surface area contributed by atoms with Crippen molar-refractivity contribution in [2.75, 3.05) is 25.4 Å². The number of hydrogen-bond acceptors (Lipinski definition) is 4. The van der Waals surface area contributed by atoms with Crippen LogP contribution in [-0.4, -0.2) is 30.4 Å². The maximum Gasteiger partial charge on any atom is 0.213 e. The molecule has 0 atom stereocenters. The van der Waals surface area contributed by atoms with Crippen LogP contribution in [0.15, 0.2) is 18.3 Å². The normalized spacial score (nSPS) is 9.89. The zero-order valence-corrected chi connectivity index (χ0v) is 12.7. The molecule has 0 bridgehead atoms. The Bertz CT molecular complexity index is 299. The van der Waals surface area contributed by atoms with Crippen molar-refractivity contribution in [1.82, 2.24) is 10.3 Å². The Balaban J connectivity index is 0.00000289. The van der Waals surface area contributed by atoms with E-state index in [4.69, 9.17) is 16.3 Å². The number of hydrogen-bond donors (Lipinski definition) is 2. The molecule has 0 unspecified atom stereocenters. The van der Waals surface area contributed by atoms with Crippen LogP contribution in [0, 0.1) is 0 Å². The molecule has 0 saturated carbocycles. The van der Waals surface area contributed by atoms with E-state index in [1.807, 2.05) is 0 Å². The van der Waals surface area contributed by atoms with Crippen LogP contribution in [0.2, 0.25) is 5.02 Å². The quantitative estimate of drug-likeness (QED) is 0.543. The predicted molar refractivity (Wildman–Crippen MR) is 82.6 cm³/mol. The average Bonchev–Trinajstić information content (AvgIpc) is 2.35. The van der Waals surface area contributed by atoms with E-state index < -0.39 is 0 Å². The van der Waals surface area contributed by atoms with Crippen molar-refractivity contribution in [1.29, 1.82) is 0 Å². The highest BCUT2D eigenvalue weighted by atomic mass is 35.5. The molecule has 0 aliphatic rings. The van der Waals surface area contributed by atoms with E-state index in [0.29, 0.717) is 17.5 Å². The van der Waals surface area contributed by atoms with Crippen LogP contribution in [-0.2, 0) is 0 Å². The number of nitrogens with zero attached hydrogens (tertiary/aromatic N) is 1. The first-order valence-electron chi connectivity index (χ1n) is 5.89. The van der Waals surface area contributed by atoms with Gasteiger partial charge in [0, 0.05) is 24.6 Å². The maximum atomic E-state index is 5.73. The number of unbranched alkanes of at least 4 members (excludes halogenated alkanes) is 2. The lowest BCUT2D eigenvalue weighted by atomic mass is 10.2. The van der Waals surface area contributed by atoms with E-state index in [1.54, 1.807) is 18.3 Å². The van der Waals surface area contributed by atoms with Crippen LogP contribution < -0.4 is 10.1 Å². The molecular weight excluding hydrogens is 291 g/mol. The van der Waals surface area contributed by atoms with Crippen LogP contribution in [0.5, 0.6) is 5.88 Å². The Morgan fingerprint density at radius 3 is 2.72 bits per heavy atom. The van der Waals surface area contributed by atoms with Crippen molar-refractivity contribution in [3.8, 4) is 5.88 Å². The van der Waals surface area contributed by atoms with Crippen molar-refractivity contribution < 1.29 is 4.74 Å². The summed E-state index contributed by atoms with van der Waals surface area (Å²) in [7, 11) is 0. The molecule has 0 spiro atoms. The number of thiol groups is 1. The third-order valence-electron chi connectivity index (χ3n) is 2.24. The zero-order valence-electron chi connectivity index (χ0n) is 10.3. The maximum absolute atomic E-state index is 5.73. The van der Waals surface area contributed by atoms with Gasteiger partial charge in [-0.3, -0.25) is 0 Å². The second-order valence-electron chi connectivity index (χ2n) is 3.70. The Morgan fingerprint density at radius 2 is 2.06 bits per heavy atom. The summed E-state index contributed by atoms with van der Waals surface area (Å²) in [6.45, 7) is 2.75. The van der Waals surface area contributed by atoms with Gasteiger partial charge in [0.05, 0.1) is 11.6 Å². The van der Waals surface area contributed by atoms with E-state index in [-0.39, 0.29) is 12.4 Å². The molecule has 104 valence electrons. The van der Waals surface area contributed by atoms with Crippen LogP contribution in [0.3, 0.4) is 0 Å². The first-order valence-corrected chi connectivity index (χ1v) is 6.90. The molecule has 0 aliphatic carbocycles. The molecule has 0 fully saturated rings. The van der Waals surface area contributed by atoms with Crippen molar-refractivity contribution in [2.45, 2.75) is 19.3 Å². The molecule has 1 aromatic rings. The smallest absolute Gasteiger partial charge is 0.213 e. The van der Waals surface area contributed by atoms with Gasteiger partial charge in [0.1, 0.15) is 0 Å². The van der Waals surface area contributed by atoms with E-state index in [9.17, 15) is 0 Å². The van der Waals surface area contributed by atoms with Gasteiger partial charge < -0.3 is 10.1 Å². The lowest BCUT2D eigenvalue weighted by Crippen LogP contribution is -2.17. The van der Waals surface area contributed by atoms with E-state index in [1.165, 1.54) is 6.42 Å². The van der Waals surface area contributed by atoms with Gasteiger partial charge in [0.25, 0.3) is 0 Å². The summed E-state index contributed by atoms with van der Waals surface area (Å²) in [5.41, 5.74) is 0. The standard InChI is InChI=1S/C12H19ClN2OS.ClH/c13-11-4-5-12(15-10-11)16-8-3-1-2-6-14-7-9-17;/h4-5,10,14,17H,1-3,6-9H2;1H. The summed E-state index contributed by atoms with van der Waals surface area (Å²) in [5.74, 6) is 1.54. The fourth-order valence-electron chi connectivity index (χ4n) is 1.36. The van der Waals surface area contributed by atoms with E-state index >= 15 is 0 Å². The average molecular weight is 311 g/mol. The Labute approximate surface area is 125 Å².